The number of aryl methyl sites for hydroxylation is 1. The van der Waals surface area contributed by atoms with E-state index in [0.29, 0.717) is 12.2 Å². The van der Waals surface area contributed by atoms with Gasteiger partial charge in [0, 0.05) is 29.6 Å². The summed E-state index contributed by atoms with van der Waals surface area (Å²) in [6, 6.07) is 17.5. The molecule has 0 aliphatic carbocycles. The zero-order valence-corrected chi connectivity index (χ0v) is 16.1. The molecule has 0 fully saturated rings. The number of anilines is 1. The second-order valence-corrected chi connectivity index (χ2v) is 7.38. The molecular weight excluding hydrogens is 358 g/mol. The standard InChI is InChI=1S/C21H21N3O2S/c1-14-19(20(26)22-13-12-16-6-4-3-5-7-16)24-21(27-14)17-8-10-18(11-9-17)23-15(2)25/h3-11H,12-13H2,1-2H3,(H,22,26)(H,23,25). The van der Waals surface area contributed by atoms with E-state index in [2.05, 4.69) is 15.6 Å². The van der Waals surface area contributed by atoms with E-state index in [0.717, 1.165) is 27.6 Å². The van der Waals surface area contributed by atoms with Gasteiger partial charge in [0.25, 0.3) is 5.91 Å². The number of rotatable bonds is 6. The van der Waals surface area contributed by atoms with E-state index in [1.165, 1.54) is 23.8 Å². The van der Waals surface area contributed by atoms with Gasteiger partial charge < -0.3 is 10.6 Å². The normalized spacial score (nSPS) is 10.4. The smallest absolute Gasteiger partial charge is 0.271 e. The van der Waals surface area contributed by atoms with Crippen molar-refractivity contribution in [3.63, 3.8) is 0 Å². The largest absolute Gasteiger partial charge is 0.350 e. The molecule has 1 heterocycles. The zero-order chi connectivity index (χ0) is 19.2. The molecule has 1 aromatic heterocycles. The van der Waals surface area contributed by atoms with Gasteiger partial charge in [0.15, 0.2) is 0 Å². The van der Waals surface area contributed by atoms with Crippen molar-refractivity contribution in [2.24, 2.45) is 0 Å². The maximum Gasteiger partial charge on any atom is 0.271 e. The number of benzene rings is 2. The number of amides is 2. The van der Waals surface area contributed by atoms with E-state index in [1.807, 2.05) is 61.5 Å². The molecule has 3 rings (SSSR count). The SMILES string of the molecule is CC(=O)Nc1ccc(-c2nc(C(=O)NCCc3ccccc3)c(C)s2)cc1. The first kappa shape index (κ1) is 18.8. The summed E-state index contributed by atoms with van der Waals surface area (Å²) in [4.78, 5) is 29.0. The monoisotopic (exact) mass is 379 g/mol. The number of carbonyl (C=O) groups is 2. The minimum atomic E-state index is -0.152. The Morgan fingerprint density at radius 3 is 2.41 bits per heavy atom. The van der Waals surface area contributed by atoms with Crippen LogP contribution in [0.1, 0.15) is 27.9 Å². The van der Waals surface area contributed by atoms with Crippen LogP contribution in [0.3, 0.4) is 0 Å². The Morgan fingerprint density at radius 1 is 1.04 bits per heavy atom. The van der Waals surface area contributed by atoms with E-state index >= 15 is 0 Å². The molecule has 138 valence electrons. The average molecular weight is 379 g/mol. The minimum absolute atomic E-state index is 0.109. The molecule has 0 spiro atoms. The third-order valence-corrected chi connectivity index (χ3v) is 5.03. The Hall–Kier alpha value is -2.99. The number of nitrogens with zero attached hydrogens (tertiary/aromatic N) is 1. The number of nitrogens with one attached hydrogen (secondary N) is 2. The minimum Gasteiger partial charge on any atom is -0.350 e. The van der Waals surface area contributed by atoms with Crippen molar-refractivity contribution in [1.29, 1.82) is 0 Å². The second-order valence-electron chi connectivity index (χ2n) is 6.17. The van der Waals surface area contributed by atoms with E-state index in [-0.39, 0.29) is 11.8 Å². The van der Waals surface area contributed by atoms with Crippen LogP contribution in [0.5, 0.6) is 0 Å². The first-order valence-electron chi connectivity index (χ1n) is 8.70. The Morgan fingerprint density at radius 2 is 1.74 bits per heavy atom. The molecule has 0 radical (unpaired) electrons. The van der Waals surface area contributed by atoms with Crippen LogP contribution in [0, 0.1) is 6.92 Å². The Balaban J connectivity index is 1.64. The Kier molecular flexibility index (Phi) is 5.98. The number of hydrogen-bond acceptors (Lipinski definition) is 4. The van der Waals surface area contributed by atoms with E-state index < -0.39 is 0 Å². The van der Waals surface area contributed by atoms with Gasteiger partial charge in [0.1, 0.15) is 10.7 Å². The molecular formula is C21H21N3O2S. The summed E-state index contributed by atoms with van der Waals surface area (Å²) in [6.45, 7) is 3.94. The van der Waals surface area contributed by atoms with Crippen LogP contribution in [-0.4, -0.2) is 23.3 Å². The lowest BCUT2D eigenvalue weighted by Gasteiger charge is -2.04. The molecule has 6 heteroatoms. The molecule has 0 aliphatic heterocycles. The highest BCUT2D eigenvalue weighted by Gasteiger charge is 2.16. The van der Waals surface area contributed by atoms with Gasteiger partial charge in [-0.2, -0.15) is 0 Å². The molecule has 3 aromatic rings. The molecule has 27 heavy (non-hydrogen) atoms. The van der Waals surface area contributed by atoms with Crippen molar-refractivity contribution in [1.82, 2.24) is 10.3 Å². The summed E-state index contributed by atoms with van der Waals surface area (Å²) in [5.41, 5.74) is 3.31. The maximum atomic E-state index is 12.5. The van der Waals surface area contributed by atoms with Crippen LogP contribution < -0.4 is 10.6 Å². The zero-order valence-electron chi connectivity index (χ0n) is 15.3. The van der Waals surface area contributed by atoms with Gasteiger partial charge >= 0.3 is 0 Å². The van der Waals surface area contributed by atoms with Crippen LogP contribution in [-0.2, 0) is 11.2 Å². The van der Waals surface area contributed by atoms with Gasteiger partial charge in [-0.3, -0.25) is 9.59 Å². The van der Waals surface area contributed by atoms with Crippen LogP contribution in [0.4, 0.5) is 5.69 Å². The molecule has 0 saturated carbocycles. The molecule has 0 atom stereocenters. The summed E-state index contributed by atoms with van der Waals surface area (Å²) in [7, 11) is 0. The lowest BCUT2D eigenvalue weighted by atomic mass is 10.1. The number of hydrogen-bond donors (Lipinski definition) is 2. The van der Waals surface area contributed by atoms with Gasteiger partial charge in [0.05, 0.1) is 0 Å². The quantitative estimate of drug-likeness (QED) is 0.679. The molecule has 2 N–H and O–H groups in total. The predicted molar refractivity (Wildman–Crippen MR) is 109 cm³/mol. The Labute approximate surface area is 162 Å². The number of aromatic nitrogens is 1. The Bertz CT molecular complexity index is 934. The van der Waals surface area contributed by atoms with Gasteiger partial charge in [-0.25, -0.2) is 4.98 Å². The molecule has 2 aromatic carbocycles. The molecule has 0 aliphatic rings. The van der Waals surface area contributed by atoms with Gasteiger partial charge in [-0.05, 0) is 43.2 Å². The van der Waals surface area contributed by atoms with Gasteiger partial charge in [-0.15, -0.1) is 11.3 Å². The third kappa shape index (κ3) is 5.01. The van der Waals surface area contributed by atoms with Gasteiger partial charge in [-0.1, -0.05) is 30.3 Å². The van der Waals surface area contributed by atoms with Gasteiger partial charge in [0.2, 0.25) is 5.91 Å². The molecule has 0 saturated heterocycles. The van der Waals surface area contributed by atoms with Crippen molar-refractivity contribution in [2.75, 3.05) is 11.9 Å². The van der Waals surface area contributed by atoms with E-state index in [1.54, 1.807) is 0 Å². The highest BCUT2D eigenvalue weighted by molar-refractivity contribution is 7.15. The summed E-state index contributed by atoms with van der Waals surface area (Å²) in [6.07, 6.45) is 0.785. The highest BCUT2D eigenvalue weighted by atomic mass is 32.1. The number of carbonyl (C=O) groups excluding carboxylic acids is 2. The molecule has 2 amide bonds. The average Bonchev–Trinajstić information content (AvgIpc) is 3.04. The fourth-order valence-corrected chi connectivity index (χ4v) is 3.59. The van der Waals surface area contributed by atoms with E-state index in [4.69, 9.17) is 0 Å². The summed E-state index contributed by atoms with van der Waals surface area (Å²) < 4.78 is 0. The van der Waals surface area contributed by atoms with E-state index in [9.17, 15) is 9.59 Å². The topological polar surface area (TPSA) is 71.1 Å². The molecule has 0 unspecified atom stereocenters. The van der Waals surface area contributed by atoms with Crippen molar-refractivity contribution >= 4 is 28.8 Å². The van der Waals surface area contributed by atoms with Crippen LogP contribution in [0.25, 0.3) is 10.6 Å². The first-order valence-corrected chi connectivity index (χ1v) is 9.52. The summed E-state index contributed by atoms with van der Waals surface area (Å²) in [5, 5.41) is 6.46. The fraction of sp³-hybridized carbons (Fsp3) is 0.190. The van der Waals surface area contributed by atoms with Crippen LogP contribution >= 0.6 is 11.3 Å². The maximum absolute atomic E-state index is 12.5. The van der Waals surface area contributed by atoms with Crippen molar-refractivity contribution in [3.05, 3.63) is 70.7 Å². The number of thiazole rings is 1. The van der Waals surface area contributed by atoms with Crippen LogP contribution in [0.2, 0.25) is 0 Å². The van der Waals surface area contributed by atoms with Crippen molar-refractivity contribution < 1.29 is 9.59 Å². The van der Waals surface area contributed by atoms with Crippen LogP contribution in [0.15, 0.2) is 54.6 Å². The predicted octanol–water partition coefficient (Wildman–Crippen LogP) is 4.05. The summed E-state index contributed by atoms with van der Waals surface area (Å²) in [5.74, 6) is -0.261. The first-order chi connectivity index (χ1) is 13.0. The third-order valence-electron chi connectivity index (χ3n) is 4.01. The van der Waals surface area contributed by atoms with Crippen molar-refractivity contribution in [3.8, 4) is 10.6 Å². The second kappa shape index (κ2) is 8.60. The van der Waals surface area contributed by atoms with Crippen molar-refractivity contribution in [2.45, 2.75) is 20.3 Å². The molecule has 0 bridgehead atoms. The lowest BCUT2D eigenvalue weighted by molar-refractivity contribution is -0.114. The molecule has 5 nitrogen and oxygen atoms in total. The lowest BCUT2D eigenvalue weighted by Crippen LogP contribution is -2.26. The summed E-state index contributed by atoms with van der Waals surface area (Å²) >= 11 is 1.49. The highest BCUT2D eigenvalue weighted by Crippen LogP contribution is 2.28. The fourth-order valence-electron chi connectivity index (χ4n) is 2.68.